The Balaban J connectivity index is 1.26. The van der Waals surface area contributed by atoms with Gasteiger partial charge in [-0.15, -0.1) is 0 Å². The highest BCUT2D eigenvalue weighted by molar-refractivity contribution is 8.04. The number of rotatable bonds is 9. The highest BCUT2D eigenvalue weighted by atomic mass is 32.2. The average Bonchev–Trinajstić information content (AvgIpc) is 3.47. The van der Waals surface area contributed by atoms with Crippen molar-refractivity contribution in [2.75, 3.05) is 23.4 Å². The predicted molar refractivity (Wildman–Crippen MR) is 170 cm³/mol. The van der Waals surface area contributed by atoms with Gasteiger partial charge in [-0.05, 0) is 40.1 Å². The summed E-state index contributed by atoms with van der Waals surface area (Å²) in [6.45, 7) is 3.20. The molecule has 6 rings (SSSR count). The van der Waals surface area contributed by atoms with Crippen molar-refractivity contribution in [3.05, 3.63) is 95.0 Å². The molecule has 2 aliphatic heterocycles. The Morgan fingerprint density at radius 2 is 1.26 bits per heavy atom. The molecule has 0 amide bonds. The number of thioether (sulfide) groups is 2. The molecule has 0 fully saturated rings. The summed E-state index contributed by atoms with van der Waals surface area (Å²) in [5, 5.41) is 6.97. The van der Waals surface area contributed by atoms with E-state index in [0.29, 0.717) is 0 Å². The number of allylic oxidation sites excluding steroid dienone is 2. The molecule has 0 atom stereocenters. The largest absolute Gasteiger partial charge is 0.338 e. The Hall–Kier alpha value is -3.15. The molecule has 0 saturated carbocycles. The van der Waals surface area contributed by atoms with Crippen LogP contribution in [0.4, 0.5) is 11.4 Å². The number of hydrogen-bond acceptors (Lipinski definition) is 5. The summed E-state index contributed by atoms with van der Waals surface area (Å²) >= 11 is 3.43. The van der Waals surface area contributed by atoms with Gasteiger partial charge in [-0.25, -0.2) is 0 Å². The van der Waals surface area contributed by atoms with E-state index < -0.39 is 0 Å². The van der Waals surface area contributed by atoms with Gasteiger partial charge in [-0.2, -0.15) is 0 Å². The van der Waals surface area contributed by atoms with Crippen molar-refractivity contribution < 1.29 is 4.79 Å². The molecule has 0 N–H and O–H groups in total. The molecule has 4 aromatic carbocycles. The van der Waals surface area contributed by atoms with E-state index in [4.69, 9.17) is 0 Å². The second-order valence-corrected chi connectivity index (χ2v) is 12.4. The first-order valence-corrected chi connectivity index (χ1v) is 15.6. The molecule has 0 aliphatic carbocycles. The molecule has 4 aromatic rings. The SMILES string of the molecule is CCCCCCCCN1C(=CC(=O)C=C2Sc3c(ccc4ccccc34)N2C)Sc2c1ccc1ccccc21. The second kappa shape index (κ2) is 11.5. The number of fused-ring (bicyclic) bond motifs is 6. The molecule has 39 heavy (non-hydrogen) atoms. The number of anilines is 2. The van der Waals surface area contributed by atoms with Crippen LogP contribution in [0.25, 0.3) is 21.5 Å². The fourth-order valence-electron chi connectivity index (χ4n) is 5.52. The summed E-state index contributed by atoms with van der Waals surface area (Å²) in [5.74, 6) is 0.0361. The van der Waals surface area contributed by atoms with E-state index in [-0.39, 0.29) is 5.78 Å². The van der Waals surface area contributed by atoms with E-state index in [1.807, 2.05) is 6.08 Å². The molecule has 2 aliphatic rings. The average molecular weight is 551 g/mol. The maximum Gasteiger partial charge on any atom is 0.183 e. The second-order valence-electron chi connectivity index (χ2n) is 10.3. The van der Waals surface area contributed by atoms with E-state index in [9.17, 15) is 4.79 Å². The fourth-order valence-corrected chi connectivity index (χ4v) is 8.01. The summed E-state index contributed by atoms with van der Waals surface area (Å²) in [6.07, 6.45) is 11.2. The minimum Gasteiger partial charge on any atom is -0.338 e. The Labute approximate surface area is 239 Å². The third kappa shape index (κ3) is 5.22. The van der Waals surface area contributed by atoms with E-state index in [1.54, 1.807) is 29.6 Å². The van der Waals surface area contributed by atoms with Crippen LogP contribution in [0, 0.1) is 0 Å². The van der Waals surface area contributed by atoms with Gasteiger partial charge in [-0.1, -0.05) is 123 Å². The van der Waals surface area contributed by atoms with Crippen LogP contribution in [0.1, 0.15) is 45.4 Å². The van der Waals surface area contributed by atoms with Gasteiger partial charge >= 0.3 is 0 Å². The third-order valence-electron chi connectivity index (χ3n) is 7.65. The molecule has 5 heteroatoms. The first-order valence-electron chi connectivity index (χ1n) is 14.0. The molecule has 0 bridgehead atoms. The molecule has 3 nitrogen and oxygen atoms in total. The predicted octanol–water partition coefficient (Wildman–Crippen LogP) is 9.76. The van der Waals surface area contributed by atoms with Crippen LogP contribution >= 0.6 is 23.5 Å². The van der Waals surface area contributed by atoms with Gasteiger partial charge in [-0.3, -0.25) is 4.79 Å². The Morgan fingerprint density at radius 3 is 1.97 bits per heavy atom. The lowest BCUT2D eigenvalue weighted by Crippen LogP contribution is -2.20. The Bertz CT molecular complexity index is 1610. The summed E-state index contributed by atoms with van der Waals surface area (Å²) in [6, 6.07) is 25.8. The number of carbonyl (C=O) groups is 1. The zero-order valence-corrected chi connectivity index (χ0v) is 24.3. The molecule has 0 radical (unpaired) electrons. The number of hydrogen-bond donors (Lipinski definition) is 0. The van der Waals surface area contributed by atoms with Crippen molar-refractivity contribution in [3.8, 4) is 0 Å². The van der Waals surface area contributed by atoms with Crippen LogP contribution in [0.15, 0.2) is 105 Å². The van der Waals surface area contributed by atoms with Gasteiger partial charge in [0.15, 0.2) is 5.78 Å². The fraction of sp³-hybridized carbons (Fsp3) is 0.265. The quantitative estimate of drug-likeness (QED) is 0.152. The molecule has 0 saturated heterocycles. The molecule has 198 valence electrons. The Kier molecular flexibility index (Phi) is 7.71. The van der Waals surface area contributed by atoms with E-state index in [0.717, 1.165) is 28.7 Å². The van der Waals surface area contributed by atoms with Gasteiger partial charge in [0, 0.05) is 35.5 Å². The van der Waals surface area contributed by atoms with Crippen molar-refractivity contribution in [1.29, 1.82) is 0 Å². The van der Waals surface area contributed by atoms with Crippen molar-refractivity contribution in [2.24, 2.45) is 0 Å². The highest BCUT2D eigenvalue weighted by Crippen LogP contribution is 2.50. The van der Waals surface area contributed by atoms with Gasteiger partial charge in [0.05, 0.1) is 21.4 Å². The van der Waals surface area contributed by atoms with Crippen LogP contribution in [-0.2, 0) is 4.79 Å². The number of ketones is 1. The smallest absolute Gasteiger partial charge is 0.183 e. The molecular weight excluding hydrogens is 517 g/mol. The van der Waals surface area contributed by atoms with E-state index in [2.05, 4.69) is 96.6 Å². The molecule has 0 unspecified atom stereocenters. The first-order chi connectivity index (χ1) is 19.1. The standard InChI is InChI=1S/C34H34N2OS2/c1-3-4-5-6-7-12-21-36-30-20-18-25-14-9-11-16-28(25)34(30)39-32(36)23-26(37)22-31-35(2)29-19-17-24-13-8-10-15-27(24)33(29)38-31/h8-11,13-20,22-23H,3-7,12,21H2,1-2H3. The number of benzene rings is 4. The lowest BCUT2D eigenvalue weighted by atomic mass is 10.1. The lowest BCUT2D eigenvalue weighted by Gasteiger charge is -2.20. The van der Waals surface area contributed by atoms with E-state index in [1.165, 1.54) is 69.1 Å². The maximum atomic E-state index is 13.5. The summed E-state index contributed by atoms with van der Waals surface area (Å²) < 4.78 is 0. The van der Waals surface area contributed by atoms with Crippen molar-refractivity contribution in [2.45, 2.75) is 55.2 Å². The van der Waals surface area contributed by atoms with Crippen LogP contribution in [-0.4, -0.2) is 19.4 Å². The van der Waals surface area contributed by atoms with Crippen molar-refractivity contribution in [1.82, 2.24) is 0 Å². The molecule has 0 spiro atoms. The molecular formula is C34H34N2OS2. The zero-order valence-electron chi connectivity index (χ0n) is 22.7. The molecule has 0 aromatic heterocycles. The topological polar surface area (TPSA) is 23.6 Å². The summed E-state index contributed by atoms with van der Waals surface area (Å²) in [4.78, 5) is 20.5. The number of unbranched alkanes of at least 4 members (excludes halogenated alkanes) is 5. The van der Waals surface area contributed by atoms with Crippen LogP contribution in [0.2, 0.25) is 0 Å². The normalized spacial score (nSPS) is 16.6. The van der Waals surface area contributed by atoms with Gasteiger partial charge < -0.3 is 9.80 Å². The summed E-state index contributed by atoms with van der Waals surface area (Å²) in [7, 11) is 2.05. The van der Waals surface area contributed by atoms with Crippen molar-refractivity contribution in [3.63, 3.8) is 0 Å². The van der Waals surface area contributed by atoms with Crippen LogP contribution in [0.3, 0.4) is 0 Å². The number of nitrogens with zero attached hydrogens (tertiary/aromatic N) is 2. The lowest BCUT2D eigenvalue weighted by molar-refractivity contribution is -0.110. The van der Waals surface area contributed by atoms with Crippen LogP contribution < -0.4 is 9.80 Å². The minimum absolute atomic E-state index is 0.0361. The van der Waals surface area contributed by atoms with Crippen molar-refractivity contribution >= 4 is 62.2 Å². The van der Waals surface area contributed by atoms with Crippen LogP contribution in [0.5, 0.6) is 0 Å². The maximum absolute atomic E-state index is 13.5. The third-order valence-corrected chi connectivity index (χ3v) is 10.1. The molecule has 2 heterocycles. The Morgan fingerprint density at radius 1 is 0.692 bits per heavy atom. The minimum atomic E-state index is 0.0361. The monoisotopic (exact) mass is 550 g/mol. The van der Waals surface area contributed by atoms with E-state index >= 15 is 0 Å². The summed E-state index contributed by atoms with van der Waals surface area (Å²) in [5.41, 5.74) is 2.38. The first kappa shape index (κ1) is 26.1. The highest BCUT2D eigenvalue weighted by Gasteiger charge is 2.28. The number of carbonyl (C=O) groups excluding carboxylic acids is 1. The van der Waals surface area contributed by atoms with Gasteiger partial charge in [0.2, 0.25) is 0 Å². The van der Waals surface area contributed by atoms with Gasteiger partial charge in [0.1, 0.15) is 0 Å². The van der Waals surface area contributed by atoms with Gasteiger partial charge in [0.25, 0.3) is 0 Å². The zero-order chi connectivity index (χ0) is 26.8.